The minimum atomic E-state index is -0.237. The van der Waals surface area contributed by atoms with Crippen LogP contribution in [0.4, 0.5) is 10.5 Å². The summed E-state index contributed by atoms with van der Waals surface area (Å²) in [6.45, 7) is 3.01. The van der Waals surface area contributed by atoms with Crippen LogP contribution in [0.5, 0.6) is 5.75 Å². The summed E-state index contributed by atoms with van der Waals surface area (Å²) in [6, 6.07) is 9.41. The van der Waals surface area contributed by atoms with Crippen molar-refractivity contribution < 1.29 is 9.53 Å². The molecule has 6 heteroatoms. The number of anilines is 1. The Morgan fingerprint density at radius 2 is 2.09 bits per heavy atom. The maximum Gasteiger partial charge on any atom is 0.319 e. The molecule has 2 rings (SSSR count). The summed E-state index contributed by atoms with van der Waals surface area (Å²) in [4.78, 5) is 14.3. The number of nitrogens with zero attached hydrogens (tertiary/aromatic N) is 1. The Balaban J connectivity index is 1.94. The molecule has 0 aliphatic rings. The van der Waals surface area contributed by atoms with Gasteiger partial charge in [-0.15, -0.1) is 0 Å². The molecule has 0 saturated carbocycles. The molecule has 2 aromatic rings. The fraction of sp³-hybridized carbons (Fsp3) is 0.353. The first-order valence-electron chi connectivity index (χ1n) is 7.57. The highest BCUT2D eigenvalue weighted by Gasteiger charge is 2.16. The molecule has 0 bridgehead atoms. The second-order valence-electron chi connectivity index (χ2n) is 5.30. The van der Waals surface area contributed by atoms with Crippen LogP contribution in [0.3, 0.4) is 0 Å². The van der Waals surface area contributed by atoms with Gasteiger partial charge < -0.3 is 20.3 Å². The first-order chi connectivity index (χ1) is 11.1. The lowest BCUT2D eigenvalue weighted by Crippen LogP contribution is -2.36. The van der Waals surface area contributed by atoms with Crippen LogP contribution in [0.25, 0.3) is 0 Å². The minimum absolute atomic E-state index is 0.147. The molecule has 1 heterocycles. The fourth-order valence-corrected chi connectivity index (χ4v) is 2.98. The SMILES string of the molecule is CCOc1ccccc1NC(=O)NC[C@@H](c1ccsc1)N(C)C. The van der Waals surface area contributed by atoms with Gasteiger partial charge in [0.05, 0.1) is 18.3 Å². The van der Waals surface area contributed by atoms with E-state index in [4.69, 9.17) is 4.74 Å². The number of thiophene rings is 1. The van der Waals surface area contributed by atoms with Crippen LogP contribution < -0.4 is 15.4 Å². The van der Waals surface area contributed by atoms with Crippen LogP contribution in [0.2, 0.25) is 0 Å². The van der Waals surface area contributed by atoms with Gasteiger partial charge in [0.1, 0.15) is 5.75 Å². The summed E-state index contributed by atoms with van der Waals surface area (Å²) >= 11 is 1.66. The molecule has 0 unspecified atom stereocenters. The molecule has 1 aromatic heterocycles. The van der Waals surface area contributed by atoms with E-state index < -0.39 is 0 Å². The van der Waals surface area contributed by atoms with Gasteiger partial charge in [0.25, 0.3) is 0 Å². The third-order valence-corrected chi connectivity index (χ3v) is 4.14. The molecule has 23 heavy (non-hydrogen) atoms. The highest BCUT2D eigenvalue weighted by Crippen LogP contribution is 2.24. The van der Waals surface area contributed by atoms with Gasteiger partial charge in [-0.25, -0.2) is 4.79 Å². The summed E-state index contributed by atoms with van der Waals surface area (Å²) < 4.78 is 5.51. The number of urea groups is 1. The van der Waals surface area contributed by atoms with Gasteiger partial charge in [-0.1, -0.05) is 12.1 Å². The van der Waals surface area contributed by atoms with E-state index >= 15 is 0 Å². The van der Waals surface area contributed by atoms with E-state index in [1.807, 2.05) is 50.7 Å². The summed E-state index contributed by atoms with van der Waals surface area (Å²) in [5, 5.41) is 9.92. The van der Waals surface area contributed by atoms with E-state index in [0.717, 1.165) is 0 Å². The molecule has 5 nitrogen and oxygen atoms in total. The highest BCUT2D eigenvalue weighted by atomic mass is 32.1. The van der Waals surface area contributed by atoms with Gasteiger partial charge in [0, 0.05) is 6.54 Å². The van der Waals surface area contributed by atoms with Crippen LogP contribution >= 0.6 is 11.3 Å². The quantitative estimate of drug-likeness (QED) is 0.814. The summed E-state index contributed by atoms with van der Waals surface area (Å²) in [7, 11) is 4.01. The summed E-state index contributed by atoms with van der Waals surface area (Å²) in [5.41, 5.74) is 1.87. The smallest absolute Gasteiger partial charge is 0.319 e. The number of carbonyl (C=O) groups excluding carboxylic acids is 1. The number of amides is 2. The minimum Gasteiger partial charge on any atom is -0.492 e. The van der Waals surface area contributed by atoms with Gasteiger partial charge in [0.15, 0.2) is 0 Å². The summed E-state index contributed by atoms with van der Waals surface area (Å²) in [5.74, 6) is 0.673. The number of rotatable bonds is 7. The maximum absolute atomic E-state index is 12.2. The van der Waals surface area contributed by atoms with Gasteiger partial charge in [-0.05, 0) is 55.5 Å². The van der Waals surface area contributed by atoms with Crippen molar-refractivity contribution in [2.75, 3.05) is 32.6 Å². The lowest BCUT2D eigenvalue weighted by Gasteiger charge is -2.24. The van der Waals surface area contributed by atoms with Gasteiger partial charge in [-0.3, -0.25) is 0 Å². The Bertz CT molecular complexity index is 614. The summed E-state index contributed by atoms with van der Waals surface area (Å²) in [6.07, 6.45) is 0. The van der Waals surface area contributed by atoms with Gasteiger partial charge in [-0.2, -0.15) is 11.3 Å². The number of hydrogen-bond acceptors (Lipinski definition) is 4. The second-order valence-corrected chi connectivity index (χ2v) is 6.08. The van der Waals surface area contributed by atoms with E-state index in [9.17, 15) is 4.79 Å². The normalized spacial score (nSPS) is 12.0. The molecule has 2 amide bonds. The first kappa shape index (κ1) is 17.3. The highest BCUT2D eigenvalue weighted by molar-refractivity contribution is 7.07. The molecule has 2 N–H and O–H groups in total. The number of para-hydroxylation sites is 2. The van der Waals surface area contributed by atoms with E-state index in [1.54, 1.807) is 11.3 Å². The number of hydrogen-bond donors (Lipinski definition) is 2. The van der Waals surface area contributed by atoms with Crippen molar-refractivity contribution in [1.82, 2.24) is 10.2 Å². The average Bonchev–Trinajstić information content (AvgIpc) is 3.03. The number of carbonyl (C=O) groups is 1. The molecule has 0 radical (unpaired) electrons. The lowest BCUT2D eigenvalue weighted by molar-refractivity contribution is 0.243. The van der Waals surface area contributed by atoms with Crippen molar-refractivity contribution in [2.45, 2.75) is 13.0 Å². The Kier molecular flexibility index (Phi) is 6.43. The standard InChI is InChI=1S/C17H23N3O2S/c1-4-22-16-8-6-5-7-14(16)19-17(21)18-11-15(20(2)3)13-9-10-23-12-13/h5-10,12,15H,4,11H2,1-3H3,(H2,18,19,21)/t15-/m0/s1. The molecular weight excluding hydrogens is 310 g/mol. The van der Waals surface area contributed by atoms with E-state index in [2.05, 4.69) is 27.0 Å². The Morgan fingerprint density at radius 3 is 2.74 bits per heavy atom. The molecule has 1 aromatic carbocycles. The Hall–Kier alpha value is -2.05. The van der Waals surface area contributed by atoms with Gasteiger partial charge >= 0.3 is 6.03 Å². The third-order valence-electron chi connectivity index (χ3n) is 3.44. The van der Waals surface area contributed by atoms with Crippen LogP contribution in [0.1, 0.15) is 18.5 Å². The monoisotopic (exact) mass is 333 g/mol. The third kappa shape index (κ3) is 4.97. The van der Waals surface area contributed by atoms with Crippen molar-refractivity contribution in [2.24, 2.45) is 0 Å². The zero-order valence-electron chi connectivity index (χ0n) is 13.7. The molecule has 0 spiro atoms. The Labute approximate surface area is 141 Å². The average molecular weight is 333 g/mol. The number of likely N-dealkylation sites (N-methyl/N-ethyl adjacent to an activating group) is 1. The maximum atomic E-state index is 12.2. The predicted molar refractivity (Wildman–Crippen MR) is 95.4 cm³/mol. The van der Waals surface area contributed by atoms with Crippen molar-refractivity contribution in [1.29, 1.82) is 0 Å². The van der Waals surface area contributed by atoms with Crippen molar-refractivity contribution in [3.63, 3.8) is 0 Å². The van der Waals surface area contributed by atoms with Crippen LogP contribution in [-0.2, 0) is 0 Å². The van der Waals surface area contributed by atoms with Gasteiger partial charge in [0.2, 0.25) is 0 Å². The zero-order chi connectivity index (χ0) is 16.7. The van der Waals surface area contributed by atoms with Crippen LogP contribution in [0.15, 0.2) is 41.1 Å². The van der Waals surface area contributed by atoms with E-state index in [1.165, 1.54) is 5.56 Å². The first-order valence-corrected chi connectivity index (χ1v) is 8.51. The largest absolute Gasteiger partial charge is 0.492 e. The molecule has 0 aliphatic carbocycles. The predicted octanol–water partition coefficient (Wildman–Crippen LogP) is 3.57. The van der Waals surface area contributed by atoms with Crippen molar-refractivity contribution in [3.8, 4) is 5.75 Å². The molecular formula is C17H23N3O2S. The van der Waals surface area contributed by atoms with Crippen LogP contribution in [-0.4, -0.2) is 38.2 Å². The topological polar surface area (TPSA) is 53.6 Å². The molecule has 0 aliphatic heterocycles. The van der Waals surface area contributed by atoms with E-state index in [0.29, 0.717) is 24.6 Å². The fourth-order valence-electron chi connectivity index (χ4n) is 2.27. The molecule has 0 saturated heterocycles. The number of ether oxygens (including phenoxy) is 1. The Morgan fingerprint density at radius 1 is 1.30 bits per heavy atom. The lowest BCUT2D eigenvalue weighted by atomic mass is 10.1. The zero-order valence-corrected chi connectivity index (χ0v) is 14.5. The van der Waals surface area contributed by atoms with Crippen LogP contribution in [0, 0.1) is 0 Å². The number of nitrogens with one attached hydrogen (secondary N) is 2. The second kappa shape index (κ2) is 8.55. The van der Waals surface area contributed by atoms with E-state index in [-0.39, 0.29) is 12.1 Å². The van der Waals surface area contributed by atoms with Crippen molar-refractivity contribution >= 4 is 23.1 Å². The van der Waals surface area contributed by atoms with Crippen molar-refractivity contribution in [3.05, 3.63) is 46.7 Å². The molecule has 124 valence electrons. The number of benzene rings is 1. The molecule has 0 fully saturated rings. The molecule has 1 atom stereocenters.